The van der Waals surface area contributed by atoms with Gasteiger partial charge in [-0.3, -0.25) is 0 Å². The van der Waals surface area contributed by atoms with Crippen molar-refractivity contribution in [3.63, 3.8) is 0 Å². The van der Waals surface area contributed by atoms with Crippen LogP contribution >= 0.6 is 0 Å². The number of hydrogen-bond acceptors (Lipinski definition) is 2. The van der Waals surface area contributed by atoms with Gasteiger partial charge < -0.3 is 10.1 Å². The fourth-order valence-corrected chi connectivity index (χ4v) is 3.44. The first-order valence-corrected chi connectivity index (χ1v) is 7.17. The highest BCUT2D eigenvalue weighted by Crippen LogP contribution is 2.43. The Labute approximate surface area is 110 Å². The molecule has 1 fully saturated rings. The summed E-state index contributed by atoms with van der Waals surface area (Å²) in [5, 5.41) is 3.60. The summed E-state index contributed by atoms with van der Waals surface area (Å²) in [7, 11) is 0. The molecular weight excluding hydrogens is 222 g/mol. The fraction of sp³-hybridized carbons (Fsp3) is 0.625. The first-order valence-electron chi connectivity index (χ1n) is 7.17. The Morgan fingerprint density at radius 3 is 2.94 bits per heavy atom. The first kappa shape index (κ1) is 12.2. The second kappa shape index (κ2) is 4.36. The van der Waals surface area contributed by atoms with Gasteiger partial charge in [-0.25, -0.2) is 0 Å². The fourth-order valence-electron chi connectivity index (χ4n) is 3.44. The average molecular weight is 245 g/mol. The maximum absolute atomic E-state index is 6.62. The predicted octanol–water partition coefficient (Wildman–Crippen LogP) is 3.01. The highest BCUT2D eigenvalue weighted by molar-refractivity contribution is 5.36. The summed E-state index contributed by atoms with van der Waals surface area (Å²) in [6.45, 7) is 6.38. The van der Waals surface area contributed by atoms with E-state index >= 15 is 0 Å². The molecule has 1 spiro atoms. The van der Waals surface area contributed by atoms with Crippen molar-refractivity contribution in [1.82, 2.24) is 5.32 Å². The minimum Gasteiger partial charge on any atom is -0.361 e. The minimum atomic E-state index is -0.0855. The molecule has 2 nitrogen and oxygen atoms in total. The van der Waals surface area contributed by atoms with Gasteiger partial charge in [0.15, 0.2) is 0 Å². The van der Waals surface area contributed by atoms with Crippen molar-refractivity contribution in [3.05, 3.63) is 35.4 Å². The summed E-state index contributed by atoms with van der Waals surface area (Å²) in [4.78, 5) is 0. The van der Waals surface area contributed by atoms with E-state index in [1.54, 1.807) is 0 Å². The van der Waals surface area contributed by atoms with Gasteiger partial charge in [-0.05, 0) is 43.7 Å². The Balaban J connectivity index is 2.01. The van der Waals surface area contributed by atoms with Crippen molar-refractivity contribution in [1.29, 1.82) is 0 Å². The van der Waals surface area contributed by atoms with Crippen LogP contribution in [0.4, 0.5) is 0 Å². The number of fused-ring (bicyclic) bond motifs is 2. The van der Waals surface area contributed by atoms with E-state index in [0.29, 0.717) is 0 Å². The molecule has 2 atom stereocenters. The molecule has 2 unspecified atom stereocenters. The zero-order valence-corrected chi connectivity index (χ0v) is 11.5. The standard InChI is InChI=1S/C16H23NO/c1-3-15(2)11-17-12-16(18-15)10-6-8-13-7-4-5-9-14(13)16/h4-5,7,9,17H,3,6,8,10-12H2,1-2H3. The summed E-state index contributed by atoms with van der Waals surface area (Å²) in [5.41, 5.74) is 2.79. The zero-order chi connectivity index (χ0) is 12.6. The Morgan fingerprint density at radius 2 is 2.11 bits per heavy atom. The van der Waals surface area contributed by atoms with Crippen molar-refractivity contribution >= 4 is 0 Å². The van der Waals surface area contributed by atoms with Crippen LogP contribution in [0.15, 0.2) is 24.3 Å². The monoisotopic (exact) mass is 245 g/mol. The van der Waals surface area contributed by atoms with E-state index in [4.69, 9.17) is 4.74 Å². The maximum atomic E-state index is 6.62. The molecule has 0 aromatic heterocycles. The Hall–Kier alpha value is -0.860. The molecule has 2 aliphatic rings. The summed E-state index contributed by atoms with van der Waals surface area (Å²) in [5.74, 6) is 0. The van der Waals surface area contributed by atoms with E-state index in [2.05, 4.69) is 43.4 Å². The van der Waals surface area contributed by atoms with Gasteiger partial charge in [0.25, 0.3) is 0 Å². The van der Waals surface area contributed by atoms with Gasteiger partial charge in [0.05, 0.1) is 5.60 Å². The summed E-state index contributed by atoms with van der Waals surface area (Å²) in [6.07, 6.45) is 4.64. The Kier molecular flexibility index (Phi) is 2.95. The Bertz CT molecular complexity index is 444. The second-order valence-electron chi connectivity index (χ2n) is 6.01. The van der Waals surface area contributed by atoms with Gasteiger partial charge in [0.1, 0.15) is 5.60 Å². The molecule has 1 saturated heterocycles. The van der Waals surface area contributed by atoms with E-state index in [0.717, 1.165) is 25.9 Å². The molecule has 0 amide bonds. The topological polar surface area (TPSA) is 21.3 Å². The van der Waals surface area contributed by atoms with E-state index in [-0.39, 0.29) is 11.2 Å². The van der Waals surface area contributed by atoms with Crippen LogP contribution in [-0.2, 0) is 16.8 Å². The van der Waals surface area contributed by atoms with Gasteiger partial charge in [-0.15, -0.1) is 0 Å². The van der Waals surface area contributed by atoms with Crippen molar-refractivity contribution < 1.29 is 4.74 Å². The summed E-state index contributed by atoms with van der Waals surface area (Å²) in [6, 6.07) is 8.81. The quantitative estimate of drug-likeness (QED) is 0.821. The molecule has 1 N–H and O–H groups in total. The number of benzene rings is 1. The van der Waals surface area contributed by atoms with Crippen LogP contribution in [0.3, 0.4) is 0 Å². The number of aryl methyl sites for hydroxylation is 1. The lowest BCUT2D eigenvalue weighted by molar-refractivity contribution is -0.183. The van der Waals surface area contributed by atoms with Crippen molar-refractivity contribution in [3.8, 4) is 0 Å². The van der Waals surface area contributed by atoms with Crippen molar-refractivity contribution in [2.24, 2.45) is 0 Å². The lowest BCUT2D eigenvalue weighted by Gasteiger charge is -2.49. The van der Waals surface area contributed by atoms with Crippen LogP contribution in [-0.4, -0.2) is 18.7 Å². The molecule has 3 rings (SSSR count). The maximum Gasteiger partial charge on any atom is 0.107 e. The number of hydrogen-bond donors (Lipinski definition) is 1. The molecule has 1 aromatic rings. The number of rotatable bonds is 1. The third kappa shape index (κ3) is 1.88. The minimum absolute atomic E-state index is 0.0251. The molecule has 2 heteroatoms. The normalized spacial score (nSPS) is 35.4. The molecular formula is C16H23NO. The van der Waals surface area contributed by atoms with E-state index in [1.807, 2.05) is 0 Å². The summed E-state index contributed by atoms with van der Waals surface area (Å²) >= 11 is 0. The van der Waals surface area contributed by atoms with Crippen LogP contribution < -0.4 is 5.32 Å². The first-order chi connectivity index (χ1) is 8.68. The lowest BCUT2D eigenvalue weighted by atomic mass is 9.77. The molecule has 1 heterocycles. The molecule has 0 radical (unpaired) electrons. The van der Waals surface area contributed by atoms with Crippen LogP contribution in [0.25, 0.3) is 0 Å². The molecule has 0 saturated carbocycles. The smallest absolute Gasteiger partial charge is 0.107 e. The predicted molar refractivity (Wildman–Crippen MR) is 73.7 cm³/mol. The zero-order valence-electron chi connectivity index (χ0n) is 11.5. The second-order valence-corrected chi connectivity index (χ2v) is 6.01. The van der Waals surface area contributed by atoms with Crippen molar-refractivity contribution in [2.75, 3.05) is 13.1 Å². The van der Waals surface area contributed by atoms with Gasteiger partial charge in [0, 0.05) is 13.1 Å². The highest BCUT2D eigenvalue weighted by atomic mass is 16.5. The Morgan fingerprint density at radius 1 is 1.28 bits per heavy atom. The van der Waals surface area contributed by atoms with E-state index < -0.39 is 0 Å². The summed E-state index contributed by atoms with van der Waals surface area (Å²) < 4.78 is 6.62. The van der Waals surface area contributed by atoms with Crippen LogP contribution in [0, 0.1) is 0 Å². The number of nitrogens with one attached hydrogen (secondary N) is 1. The molecule has 1 aliphatic heterocycles. The largest absolute Gasteiger partial charge is 0.361 e. The van der Waals surface area contributed by atoms with E-state index in [9.17, 15) is 0 Å². The third-order valence-electron chi connectivity index (χ3n) is 4.63. The van der Waals surface area contributed by atoms with Crippen molar-refractivity contribution in [2.45, 2.75) is 50.7 Å². The average Bonchev–Trinajstić information content (AvgIpc) is 2.39. The van der Waals surface area contributed by atoms with Crippen LogP contribution in [0.5, 0.6) is 0 Å². The number of ether oxygens (including phenoxy) is 1. The molecule has 18 heavy (non-hydrogen) atoms. The highest BCUT2D eigenvalue weighted by Gasteiger charge is 2.45. The molecule has 1 aromatic carbocycles. The van der Waals surface area contributed by atoms with Gasteiger partial charge in [-0.1, -0.05) is 31.2 Å². The lowest BCUT2D eigenvalue weighted by Crippen LogP contribution is -2.58. The molecule has 98 valence electrons. The van der Waals surface area contributed by atoms with Crippen LogP contribution in [0.1, 0.15) is 44.2 Å². The SMILES string of the molecule is CCC1(C)CNCC2(CCCc3ccccc32)O1. The molecule has 0 bridgehead atoms. The third-order valence-corrected chi connectivity index (χ3v) is 4.63. The number of morpholine rings is 1. The van der Waals surface area contributed by atoms with Crippen LogP contribution in [0.2, 0.25) is 0 Å². The van der Waals surface area contributed by atoms with Gasteiger partial charge in [0.2, 0.25) is 0 Å². The van der Waals surface area contributed by atoms with Gasteiger partial charge >= 0.3 is 0 Å². The van der Waals surface area contributed by atoms with E-state index in [1.165, 1.54) is 24.0 Å². The molecule has 1 aliphatic carbocycles. The van der Waals surface area contributed by atoms with Gasteiger partial charge in [-0.2, -0.15) is 0 Å².